The molecule has 106 valence electrons. The SMILES string of the molecule is CC(=O)NCCNC(=O)Cc1ccc2[nH]c(C)cc2c1. The third-order valence-corrected chi connectivity index (χ3v) is 3.01. The van der Waals surface area contributed by atoms with Gasteiger partial charge >= 0.3 is 0 Å². The highest BCUT2D eigenvalue weighted by Crippen LogP contribution is 2.17. The molecular weight excluding hydrogens is 254 g/mol. The predicted molar refractivity (Wildman–Crippen MR) is 78.4 cm³/mol. The summed E-state index contributed by atoms with van der Waals surface area (Å²) in [5.74, 6) is -0.130. The molecule has 0 saturated heterocycles. The summed E-state index contributed by atoms with van der Waals surface area (Å²) in [5, 5.41) is 6.53. The maximum atomic E-state index is 11.8. The van der Waals surface area contributed by atoms with Crippen LogP contribution in [0.1, 0.15) is 18.2 Å². The molecule has 0 aliphatic carbocycles. The van der Waals surface area contributed by atoms with Crippen LogP contribution in [0.2, 0.25) is 0 Å². The summed E-state index contributed by atoms with van der Waals surface area (Å²) >= 11 is 0. The minimum absolute atomic E-state index is 0.0399. The van der Waals surface area contributed by atoms with Gasteiger partial charge in [-0.05, 0) is 36.1 Å². The van der Waals surface area contributed by atoms with E-state index in [0.29, 0.717) is 19.5 Å². The zero-order valence-electron chi connectivity index (χ0n) is 11.7. The van der Waals surface area contributed by atoms with Gasteiger partial charge in [0.25, 0.3) is 0 Å². The first kappa shape index (κ1) is 14.1. The molecule has 2 aromatic rings. The van der Waals surface area contributed by atoms with Crippen molar-refractivity contribution in [2.24, 2.45) is 0 Å². The number of hydrogen-bond donors (Lipinski definition) is 3. The Kier molecular flexibility index (Phi) is 4.40. The lowest BCUT2D eigenvalue weighted by atomic mass is 10.1. The molecule has 0 aliphatic rings. The fourth-order valence-electron chi connectivity index (χ4n) is 2.13. The number of amides is 2. The third kappa shape index (κ3) is 3.85. The molecule has 2 amide bonds. The van der Waals surface area contributed by atoms with Gasteiger partial charge in [0.2, 0.25) is 11.8 Å². The monoisotopic (exact) mass is 273 g/mol. The fraction of sp³-hybridized carbons (Fsp3) is 0.333. The molecule has 2 rings (SSSR count). The highest BCUT2D eigenvalue weighted by molar-refractivity contribution is 5.84. The number of aromatic nitrogens is 1. The average Bonchev–Trinajstić information content (AvgIpc) is 2.74. The standard InChI is InChI=1S/C15H19N3O2/c1-10-7-13-8-12(3-4-14(13)18-10)9-15(20)17-6-5-16-11(2)19/h3-4,7-8,18H,5-6,9H2,1-2H3,(H,16,19)(H,17,20). The lowest BCUT2D eigenvalue weighted by molar-refractivity contribution is -0.121. The van der Waals surface area contributed by atoms with Crippen molar-refractivity contribution >= 4 is 22.7 Å². The summed E-state index contributed by atoms with van der Waals surface area (Å²) in [5.41, 5.74) is 3.17. The van der Waals surface area contributed by atoms with Crippen LogP contribution in [0.4, 0.5) is 0 Å². The van der Waals surface area contributed by atoms with Crippen LogP contribution in [0, 0.1) is 6.92 Å². The van der Waals surface area contributed by atoms with E-state index in [9.17, 15) is 9.59 Å². The van der Waals surface area contributed by atoms with Gasteiger partial charge in [0.1, 0.15) is 0 Å². The summed E-state index contributed by atoms with van der Waals surface area (Å²) in [4.78, 5) is 25.7. The number of carbonyl (C=O) groups is 2. The zero-order valence-corrected chi connectivity index (χ0v) is 11.7. The molecule has 3 N–H and O–H groups in total. The minimum Gasteiger partial charge on any atom is -0.359 e. The van der Waals surface area contributed by atoms with Gasteiger partial charge in [-0.15, -0.1) is 0 Å². The van der Waals surface area contributed by atoms with E-state index in [1.807, 2.05) is 25.1 Å². The Hall–Kier alpha value is -2.30. The lowest BCUT2D eigenvalue weighted by Gasteiger charge is -2.06. The summed E-state index contributed by atoms with van der Waals surface area (Å²) in [6.45, 7) is 4.37. The number of aromatic amines is 1. The molecule has 1 aromatic carbocycles. The first-order chi connectivity index (χ1) is 9.54. The van der Waals surface area contributed by atoms with E-state index in [1.165, 1.54) is 6.92 Å². The van der Waals surface area contributed by atoms with Crippen molar-refractivity contribution in [1.29, 1.82) is 0 Å². The van der Waals surface area contributed by atoms with Crippen molar-refractivity contribution in [2.75, 3.05) is 13.1 Å². The Morgan fingerprint density at radius 2 is 1.90 bits per heavy atom. The summed E-state index contributed by atoms with van der Waals surface area (Å²) in [7, 11) is 0. The zero-order chi connectivity index (χ0) is 14.5. The highest BCUT2D eigenvalue weighted by atomic mass is 16.2. The predicted octanol–water partition coefficient (Wildman–Crippen LogP) is 1.27. The molecule has 5 nitrogen and oxygen atoms in total. The second-order valence-electron chi connectivity index (χ2n) is 4.88. The second-order valence-corrected chi connectivity index (χ2v) is 4.88. The molecule has 1 heterocycles. The van der Waals surface area contributed by atoms with Crippen molar-refractivity contribution in [3.8, 4) is 0 Å². The van der Waals surface area contributed by atoms with E-state index < -0.39 is 0 Å². The number of H-pyrrole nitrogens is 1. The third-order valence-electron chi connectivity index (χ3n) is 3.01. The van der Waals surface area contributed by atoms with Crippen LogP contribution in [-0.4, -0.2) is 29.9 Å². The van der Waals surface area contributed by atoms with Crippen LogP contribution >= 0.6 is 0 Å². The Labute approximate surface area is 117 Å². The normalized spacial score (nSPS) is 10.5. The molecule has 0 unspecified atom stereocenters. The van der Waals surface area contributed by atoms with Crippen molar-refractivity contribution in [3.05, 3.63) is 35.5 Å². The Bertz CT molecular complexity index is 631. The van der Waals surface area contributed by atoms with E-state index in [2.05, 4.69) is 21.7 Å². The van der Waals surface area contributed by atoms with Crippen LogP contribution in [0.25, 0.3) is 10.9 Å². The van der Waals surface area contributed by atoms with Gasteiger partial charge in [-0.1, -0.05) is 6.07 Å². The molecule has 0 atom stereocenters. The van der Waals surface area contributed by atoms with Gasteiger partial charge in [0.15, 0.2) is 0 Å². The first-order valence-electron chi connectivity index (χ1n) is 6.64. The van der Waals surface area contributed by atoms with Crippen molar-refractivity contribution in [1.82, 2.24) is 15.6 Å². The van der Waals surface area contributed by atoms with Gasteiger partial charge in [0.05, 0.1) is 6.42 Å². The van der Waals surface area contributed by atoms with Crippen molar-refractivity contribution < 1.29 is 9.59 Å². The maximum Gasteiger partial charge on any atom is 0.224 e. The van der Waals surface area contributed by atoms with E-state index in [0.717, 1.165) is 22.2 Å². The van der Waals surface area contributed by atoms with Crippen molar-refractivity contribution in [3.63, 3.8) is 0 Å². The van der Waals surface area contributed by atoms with Gasteiger partial charge in [-0.3, -0.25) is 9.59 Å². The highest BCUT2D eigenvalue weighted by Gasteiger charge is 2.05. The van der Waals surface area contributed by atoms with Crippen LogP contribution in [-0.2, 0) is 16.0 Å². The van der Waals surface area contributed by atoms with Gasteiger partial charge in [-0.2, -0.15) is 0 Å². The van der Waals surface area contributed by atoms with Gasteiger partial charge in [-0.25, -0.2) is 0 Å². The van der Waals surface area contributed by atoms with Crippen LogP contribution < -0.4 is 10.6 Å². The topological polar surface area (TPSA) is 74.0 Å². The number of nitrogens with one attached hydrogen (secondary N) is 3. The molecule has 0 radical (unpaired) electrons. The molecule has 20 heavy (non-hydrogen) atoms. The number of benzene rings is 1. The quantitative estimate of drug-likeness (QED) is 0.718. The van der Waals surface area contributed by atoms with Gasteiger partial charge in [0, 0.05) is 31.2 Å². The Balaban J connectivity index is 1.87. The molecule has 0 fully saturated rings. The summed E-state index contributed by atoms with van der Waals surface area (Å²) in [6.07, 6.45) is 0.347. The second kappa shape index (κ2) is 6.23. The van der Waals surface area contributed by atoms with Crippen LogP contribution in [0.3, 0.4) is 0 Å². The number of aryl methyl sites for hydroxylation is 1. The molecular formula is C15H19N3O2. The smallest absolute Gasteiger partial charge is 0.224 e. The number of fused-ring (bicyclic) bond motifs is 1. The van der Waals surface area contributed by atoms with E-state index >= 15 is 0 Å². The molecule has 1 aromatic heterocycles. The molecule has 0 saturated carbocycles. The fourth-order valence-corrected chi connectivity index (χ4v) is 2.13. The molecule has 0 spiro atoms. The molecule has 0 aliphatic heterocycles. The number of hydrogen-bond acceptors (Lipinski definition) is 2. The average molecular weight is 273 g/mol. The van der Waals surface area contributed by atoms with Crippen LogP contribution in [0.5, 0.6) is 0 Å². The van der Waals surface area contributed by atoms with E-state index in [4.69, 9.17) is 0 Å². The first-order valence-corrected chi connectivity index (χ1v) is 6.64. The van der Waals surface area contributed by atoms with E-state index in [1.54, 1.807) is 0 Å². The van der Waals surface area contributed by atoms with Crippen molar-refractivity contribution in [2.45, 2.75) is 20.3 Å². The Morgan fingerprint density at radius 3 is 2.65 bits per heavy atom. The lowest BCUT2D eigenvalue weighted by Crippen LogP contribution is -2.34. The van der Waals surface area contributed by atoms with E-state index in [-0.39, 0.29) is 11.8 Å². The maximum absolute atomic E-state index is 11.8. The Morgan fingerprint density at radius 1 is 1.15 bits per heavy atom. The number of rotatable bonds is 5. The summed E-state index contributed by atoms with van der Waals surface area (Å²) < 4.78 is 0. The molecule has 0 bridgehead atoms. The summed E-state index contributed by atoms with van der Waals surface area (Å²) in [6, 6.07) is 8.02. The molecule has 5 heteroatoms. The van der Waals surface area contributed by atoms with Gasteiger partial charge < -0.3 is 15.6 Å². The minimum atomic E-state index is -0.0903. The van der Waals surface area contributed by atoms with Crippen LogP contribution in [0.15, 0.2) is 24.3 Å². The largest absolute Gasteiger partial charge is 0.359 e. The number of carbonyl (C=O) groups excluding carboxylic acids is 2.